The van der Waals surface area contributed by atoms with Crippen molar-refractivity contribution in [2.75, 3.05) is 16.8 Å². The van der Waals surface area contributed by atoms with Gasteiger partial charge in [-0.2, -0.15) is 0 Å². The lowest BCUT2D eigenvalue weighted by atomic mass is 9.99. The summed E-state index contributed by atoms with van der Waals surface area (Å²) in [6.45, 7) is 0.952. The van der Waals surface area contributed by atoms with E-state index in [9.17, 15) is 4.79 Å². The lowest BCUT2D eigenvalue weighted by Crippen LogP contribution is -2.25. The van der Waals surface area contributed by atoms with Gasteiger partial charge in [0.1, 0.15) is 0 Å². The Hall–Kier alpha value is -1.81. The number of amides is 1. The first-order valence-corrected chi connectivity index (χ1v) is 7.54. The number of halogens is 1. The fourth-order valence-corrected chi connectivity index (χ4v) is 3.64. The van der Waals surface area contributed by atoms with Gasteiger partial charge in [0.05, 0.1) is 22.6 Å². The number of anilines is 3. The lowest BCUT2D eigenvalue weighted by Gasteiger charge is -2.32. The molecule has 2 aliphatic heterocycles. The number of hydrogen-bond acceptors (Lipinski definition) is 2. The first-order valence-electron chi connectivity index (χ1n) is 6.74. The smallest absolute Gasteiger partial charge is 0.257 e. The van der Waals surface area contributed by atoms with Gasteiger partial charge in [-0.15, -0.1) is 0 Å². The minimum absolute atomic E-state index is 0.0321. The van der Waals surface area contributed by atoms with Gasteiger partial charge in [-0.3, -0.25) is 4.79 Å². The molecule has 0 aromatic heterocycles. The van der Waals surface area contributed by atoms with Crippen molar-refractivity contribution < 1.29 is 4.79 Å². The number of rotatable bonds is 0. The second kappa shape index (κ2) is 4.35. The third kappa shape index (κ3) is 1.68. The Morgan fingerprint density at radius 3 is 2.95 bits per heavy atom. The molecule has 0 radical (unpaired) electrons. The SMILES string of the molecule is O=C1Nc2cc(Br)cc3c2N(CCC3)c2ccccc21. The van der Waals surface area contributed by atoms with Gasteiger partial charge in [-0.05, 0) is 42.7 Å². The molecule has 2 aromatic carbocycles. The van der Waals surface area contributed by atoms with Crippen LogP contribution in [0, 0.1) is 0 Å². The van der Waals surface area contributed by atoms with Crippen molar-refractivity contribution in [2.24, 2.45) is 0 Å². The molecule has 0 aliphatic carbocycles. The summed E-state index contributed by atoms with van der Waals surface area (Å²) in [6.07, 6.45) is 2.15. The van der Waals surface area contributed by atoms with Crippen LogP contribution in [0.4, 0.5) is 17.1 Å². The Balaban J connectivity index is 2.03. The van der Waals surface area contributed by atoms with Crippen LogP contribution < -0.4 is 10.2 Å². The number of carbonyl (C=O) groups excluding carboxylic acids is 1. The maximum Gasteiger partial charge on any atom is 0.257 e. The maximum absolute atomic E-state index is 12.4. The maximum atomic E-state index is 12.4. The normalized spacial score (nSPS) is 16.1. The monoisotopic (exact) mass is 328 g/mol. The molecule has 1 amide bonds. The summed E-state index contributed by atoms with van der Waals surface area (Å²) in [4.78, 5) is 14.7. The zero-order valence-corrected chi connectivity index (χ0v) is 12.4. The van der Waals surface area contributed by atoms with E-state index < -0.39 is 0 Å². The topological polar surface area (TPSA) is 32.3 Å². The van der Waals surface area contributed by atoms with Crippen LogP contribution in [0.2, 0.25) is 0 Å². The molecule has 0 fully saturated rings. The number of hydrogen-bond donors (Lipinski definition) is 1. The van der Waals surface area contributed by atoms with E-state index >= 15 is 0 Å². The molecule has 2 aromatic rings. The number of carbonyl (C=O) groups is 1. The summed E-state index contributed by atoms with van der Waals surface area (Å²) >= 11 is 3.54. The van der Waals surface area contributed by atoms with Gasteiger partial charge in [-0.25, -0.2) is 0 Å². The van der Waals surface area contributed by atoms with Crippen LogP contribution in [0.5, 0.6) is 0 Å². The molecular weight excluding hydrogens is 316 g/mol. The quantitative estimate of drug-likeness (QED) is 0.789. The van der Waals surface area contributed by atoms with Crippen molar-refractivity contribution in [1.29, 1.82) is 0 Å². The van der Waals surface area contributed by atoms with Crippen molar-refractivity contribution in [2.45, 2.75) is 12.8 Å². The second-order valence-electron chi connectivity index (χ2n) is 5.19. The number of fused-ring (bicyclic) bond motifs is 2. The Labute approximate surface area is 125 Å². The van der Waals surface area contributed by atoms with E-state index in [1.54, 1.807) is 0 Å². The minimum atomic E-state index is -0.0321. The van der Waals surface area contributed by atoms with Gasteiger partial charge in [0.25, 0.3) is 5.91 Å². The molecule has 4 rings (SSSR count). The van der Waals surface area contributed by atoms with E-state index in [2.05, 4.69) is 32.2 Å². The molecule has 0 saturated carbocycles. The Bertz CT molecular complexity index is 726. The van der Waals surface area contributed by atoms with Crippen molar-refractivity contribution in [1.82, 2.24) is 0 Å². The molecule has 3 nitrogen and oxygen atoms in total. The Kier molecular flexibility index (Phi) is 2.60. The highest BCUT2D eigenvalue weighted by atomic mass is 79.9. The minimum Gasteiger partial charge on any atom is -0.339 e. The van der Waals surface area contributed by atoms with Crippen molar-refractivity contribution in [3.8, 4) is 0 Å². The number of benzene rings is 2. The molecular formula is C16H13BrN2O. The summed E-state index contributed by atoms with van der Waals surface area (Å²) < 4.78 is 1.01. The standard InChI is InChI=1S/C16H13BrN2O/c17-11-8-10-4-3-7-19-14-6-2-1-5-12(14)16(20)18-13(9-11)15(10)19/h1-2,5-6,8-9H,3-4,7H2,(H,18,20). The Morgan fingerprint density at radius 1 is 1.20 bits per heavy atom. The predicted molar refractivity (Wildman–Crippen MR) is 83.9 cm³/mol. The average molecular weight is 329 g/mol. The summed E-state index contributed by atoms with van der Waals surface area (Å²) in [7, 11) is 0. The molecule has 0 atom stereocenters. The molecule has 20 heavy (non-hydrogen) atoms. The van der Waals surface area contributed by atoms with Crippen molar-refractivity contribution in [3.63, 3.8) is 0 Å². The molecule has 0 unspecified atom stereocenters. The van der Waals surface area contributed by atoms with Crippen LogP contribution in [-0.4, -0.2) is 12.5 Å². The van der Waals surface area contributed by atoms with Crippen LogP contribution >= 0.6 is 15.9 Å². The van der Waals surface area contributed by atoms with Gasteiger partial charge in [0, 0.05) is 11.0 Å². The summed E-state index contributed by atoms with van der Waals surface area (Å²) in [5.74, 6) is -0.0321. The molecule has 2 heterocycles. The zero-order chi connectivity index (χ0) is 13.7. The van der Waals surface area contributed by atoms with E-state index in [4.69, 9.17) is 0 Å². The highest BCUT2D eigenvalue weighted by Gasteiger charge is 2.29. The van der Waals surface area contributed by atoms with E-state index in [0.29, 0.717) is 0 Å². The Morgan fingerprint density at radius 2 is 2.05 bits per heavy atom. The molecule has 4 heteroatoms. The summed E-state index contributed by atoms with van der Waals surface area (Å²) in [5.41, 5.74) is 5.09. The van der Waals surface area contributed by atoms with Crippen LogP contribution in [0.25, 0.3) is 0 Å². The van der Waals surface area contributed by atoms with Crippen LogP contribution in [0.3, 0.4) is 0 Å². The number of para-hydroxylation sites is 1. The van der Waals surface area contributed by atoms with Crippen molar-refractivity contribution >= 4 is 38.9 Å². The van der Waals surface area contributed by atoms with E-state index in [0.717, 1.165) is 46.5 Å². The average Bonchev–Trinajstić information content (AvgIpc) is 2.57. The third-order valence-electron chi connectivity index (χ3n) is 3.94. The van der Waals surface area contributed by atoms with E-state index in [-0.39, 0.29) is 5.91 Å². The highest BCUT2D eigenvalue weighted by Crippen LogP contribution is 2.44. The summed E-state index contributed by atoms with van der Waals surface area (Å²) in [6, 6.07) is 12.0. The molecule has 0 spiro atoms. The van der Waals surface area contributed by atoms with Crippen molar-refractivity contribution in [3.05, 3.63) is 52.0 Å². The van der Waals surface area contributed by atoms with Gasteiger partial charge in [0.2, 0.25) is 0 Å². The second-order valence-corrected chi connectivity index (χ2v) is 6.10. The molecule has 0 saturated heterocycles. The van der Waals surface area contributed by atoms with Gasteiger partial charge in [-0.1, -0.05) is 28.1 Å². The number of nitrogens with zero attached hydrogens (tertiary/aromatic N) is 1. The zero-order valence-electron chi connectivity index (χ0n) is 10.8. The molecule has 0 bridgehead atoms. The van der Waals surface area contributed by atoms with Crippen LogP contribution in [0.15, 0.2) is 40.9 Å². The number of aryl methyl sites for hydroxylation is 1. The first-order chi connectivity index (χ1) is 9.74. The molecule has 2 aliphatic rings. The first kappa shape index (κ1) is 12.0. The van der Waals surface area contributed by atoms with Gasteiger partial charge >= 0.3 is 0 Å². The summed E-state index contributed by atoms with van der Waals surface area (Å²) in [5, 5.41) is 3.05. The molecule has 100 valence electrons. The largest absolute Gasteiger partial charge is 0.339 e. The fraction of sp³-hybridized carbons (Fsp3) is 0.188. The van der Waals surface area contributed by atoms with Gasteiger partial charge < -0.3 is 10.2 Å². The van der Waals surface area contributed by atoms with E-state index in [1.807, 2.05) is 30.3 Å². The fourth-order valence-electron chi connectivity index (χ4n) is 3.13. The van der Waals surface area contributed by atoms with Crippen LogP contribution in [0.1, 0.15) is 22.3 Å². The molecule has 1 N–H and O–H groups in total. The highest BCUT2D eigenvalue weighted by molar-refractivity contribution is 9.10. The van der Waals surface area contributed by atoms with Gasteiger partial charge in [0.15, 0.2) is 0 Å². The van der Waals surface area contributed by atoms with E-state index in [1.165, 1.54) is 5.56 Å². The third-order valence-corrected chi connectivity index (χ3v) is 4.40. The number of nitrogens with one attached hydrogen (secondary N) is 1. The lowest BCUT2D eigenvalue weighted by molar-refractivity contribution is 0.102. The van der Waals surface area contributed by atoms with Crippen LogP contribution in [-0.2, 0) is 6.42 Å². The predicted octanol–water partition coefficient (Wildman–Crippen LogP) is 4.10.